The maximum atomic E-state index is 12.7. The zero-order valence-corrected chi connectivity index (χ0v) is 15.8. The standard InChI is InChI=1S/C17H20N2O7S/c1-24-14-8-4-12(5-9-14)16(17(25-2)26-3)18-27(22,23)15-10-6-13(7-11-15)19(20)21/h4-11,16-18H,1-3H3. The molecule has 0 aliphatic carbocycles. The number of nitrogens with zero attached hydrogens (tertiary/aromatic N) is 1. The van der Waals surface area contributed by atoms with Crippen molar-refractivity contribution in [1.82, 2.24) is 4.72 Å². The molecular formula is C17H20N2O7S. The van der Waals surface area contributed by atoms with Crippen molar-refractivity contribution in [2.75, 3.05) is 21.3 Å². The number of nitro groups is 1. The van der Waals surface area contributed by atoms with Crippen LogP contribution in [0, 0.1) is 10.1 Å². The van der Waals surface area contributed by atoms with Gasteiger partial charge in [0.1, 0.15) is 5.75 Å². The van der Waals surface area contributed by atoms with Crippen molar-refractivity contribution in [2.24, 2.45) is 0 Å². The first-order chi connectivity index (χ1) is 12.8. The van der Waals surface area contributed by atoms with Gasteiger partial charge >= 0.3 is 0 Å². The number of non-ortho nitro benzene ring substituents is 1. The Hall–Kier alpha value is -2.53. The summed E-state index contributed by atoms with van der Waals surface area (Å²) in [6, 6.07) is 10.5. The highest BCUT2D eigenvalue weighted by Gasteiger charge is 2.29. The highest BCUT2D eigenvalue weighted by atomic mass is 32.2. The molecule has 0 heterocycles. The molecule has 10 heteroatoms. The normalized spacial score (nSPS) is 12.7. The van der Waals surface area contributed by atoms with Gasteiger partial charge in [0.2, 0.25) is 10.0 Å². The summed E-state index contributed by atoms with van der Waals surface area (Å²) in [5.74, 6) is 0.613. The van der Waals surface area contributed by atoms with Gasteiger partial charge in [0.25, 0.3) is 5.69 Å². The first-order valence-electron chi connectivity index (χ1n) is 7.78. The third-order valence-electron chi connectivity index (χ3n) is 3.85. The lowest BCUT2D eigenvalue weighted by Crippen LogP contribution is -2.38. The molecule has 2 rings (SSSR count). The van der Waals surface area contributed by atoms with Gasteiger partial charge in [-0.25, -0.2) is 8.42 Å². The second-order valence-electron chi connectivity index (χ2n) is 5.46. The van der Waals surface area contributed by atoms with Crippen LogP contribution in [0.1, 0.15) is 11.6 Å². The number of rotatable bonds is 9. The van der Waals surface area contributed by atoms with Gasteiger partial charge in [-0.2, -0.15) is 4.72 Å². The fraction of sp³-hybridized carbons (Fsp3) is 0.294. The summed E-state index contributed by atoms with van der Waals surface area (Å²) < 4.78 is 43.6. The first kappa shape index (κ1) is 20.8. The van der Waals surface area contributed by atoms with Crippen LogP contribution in [-0.2, 0) is 19.5 Å². The van der Waals surface area contributed by atoms with E-state index in [1.54, 1.807) is 24.3 Å². The molecule has 0 radical (unpaired) electrons. The Bertz CT molecular complexity index is 863. The number of benzene rings is 2. The minimum Gasteiger partial charge on any atom is -0.497 e. The van der Waals surface area contributed by atoms with Gasteiger partial charge < -0.3 is 14.2 Å². The van der Waals surface area contributed by atoms with Crippen LogP contribution in [0.25, 0.3) is 0 Å². The van der Waals surface area contributed by atoms with E-state index < -0.39 is 27.3 Å². The molecule has 9 nitrogen and oxygen atoms in total. The van der Waals surface area contributed by atoms with Crippen LogP contribution in [-0.4, -0.2) is 41.0 Å². The van der Waals surface area contributed by atoms with Gasteiger partial charge in [0, 0.05) is 26.4 Å². The predicted octanol–water partition coefficient (Wildman–Crippen LogP) is 2.24. The zero-order valence-electron chi connectivity index (χ0n) is 15.0. The van der Waals surface area contributed by atoms with E-state index in [9.17, 15) is 18.5 Å². The van der Waals surface area contributed by atoms with Crippen molar-refractivity contribution < 1.29 is 27.6 Å². The minimum absolute atomic E-state index is 0.113. The maximum absolute atomic E-state index is 12.7. The van der Waals surface area contributed by atoms with Crippen molar-refractivity contribution in [2.45, 2.75) is 17.2 Å². The van der Waals surface area contributed by atoms with Gasteiger partial charge in [0.15, 0.2) is 6.29 Å². The molecule has 0 amide bonds. The summed E-state index contributed by atoms with van der Waals surface area (Å²) in [5.41, 5.74) is 0.391. The zero-order chi connectivity index (χ0) is 20.0. The second-order valence-corrected chi connectivity index (χ2v) is 7.18. The van der Waals surface area contributed by atoms with Crippen LogP contribution < -0.4 is 9.46 Å². The van der Waals surface area contributed by atoms with Crippen molar-refractivity contribution >= 4 is 15.7 Å². The number of hydrogen-bond acceptors (Lipinski definition) is 7. The lowest BCUT2D eigenvalue weighted by atomic mass is 10.1. The van der Waals surface area contributed by atoms with Gasteiger partial charge in [-0.05, 0) is 29.8 Å². The Morgan fingerprint density at radius 2 is 1.52 bits per heavy atom. The number of nitro benzene ring substituents is 1. The average Bonchev–Trinajstić information content (AvgIpc) is 2.68. The van der Waals surface area contributed by atoms with E-state index >= 15 is 0 Å². The van der Waals surface area contributed by atoms with Crippen molar-refractivity contribution in [3.63, 3.8) is 0 Å². The summed E-state index contributed by atoms with van der Waals surface area (Å²) in [4.78, 5) is 10.0. The molecule has 1 unspecified atom stereocenters. The highest BCUT2D eigenvalue weighted by Crippen LogP contribution is 2.25. The van der Waals surface area contributed by atoms with E-state index in [1.165, 1.54) is 33.5 Å². The van der Waals surface area contributed by atoms with E-state index in [0.717, 1.165) is 12.1 Å². The molecule has 0 aromatic heterocycles. The van der Waals surface area contributed by atoms with E-state index in [0.29, 0.717) is 11.3 Å². The Labute approximate surface area is 157 Å². The molecule has 2 aromatic rings. The number of hydrogen-bond donors (Lipinski definition) is 1. The van der Waals surface area contributed by atoms with Gasteiger partial charge in [-0.1, -0.05) is 12.1 Å². The Morgan fingerprint density at radius 1 is 0.963 bits per heavy atom. The smallest absolute Gasteiger partial charge is 0.269 e. The van der Waals surface area contributed by atoms with Crippen molar-refractivity contribution in [3.05, 3.63) is 64.2 Å². The topological polar surface area (TPSA) is 117 Å². The van der Waals surface area contributed by atoms with Crippen molar-refractivity contribution in [3.8, 4) is 5.75 Å². The van der Waals surface area contributed by atoms with Crippen LogP contribution in [0.5, 0.6) is 5.75 Å². The second kappa shape index (κ2) is 8.91. The number of nitrogens with one attached hydrogen (secondary N) is 1. The monoisotopic (exact) mass is 396 g/mol. The first-order valence-corrected chi connectivity index (χ1v) is 9.27. The van der Waals surface area contributed by atoms with E-state index in [1.807, 2.05) is 0 Å². The fourth-order valence-corrected chi connectivity index (χ4v) is 3.65. The highest BCUT2D eigenvalue weighted by molar-refractivity contribution is 7.89. The molecule has 0 saturated heterocycles. The van der Waals surface area contributed by atoms with Crippen LogP contribution in [0.2, 0.25) is 0 Å². The molecular weight excluding hydrogens is 376 g/mol. The summed E-state index contributed by atoms with van der Waals surface area (Å²) >= 11 is 0. The van der Waals surface area contributed by atoms with E-state index in [4.69, 9.17) is 14.2 Å². The molecule has 0 aliphatic heterocycles. The SMILES string of the molecule is COc1ccc(C(NS(=O)(=O)c2ccc([N+](=O)[O-])cc2)C(OC)OC)cc1. The van der Waals surface area contributed by atoms with Gasteiger partial charge in [-0.15, -0.1) is 0 Å². The molecule has 0 fully saturated rings. The molecule has 0 bridgehead atoms. The Kier molecular flexibility index (Phi) is 6.86. The molecule has 2 aromatic carbocycles. The lowest BCUT2D eigenvalue weighted by Gasteiger charge is -2.26. The Balaban J connectivity index is 2.36. The van der Waals surface area contributed by atoms with Crippen LogP contribution in [0.3, 0.4) is 0 Å². The largest absolute Gasteiger partial charge is 0.497 e. The molecule has 27 heavy (non-hydrogen) atoms. The average molecular weight is 396 g/mol. The third-order valence-corrected chi connectivity index (χ3v) is 5.31. The predicted molar refractivity (Wildman–Crippen MR) is 97.0 cm³/mol. The summed E-state index contributed by atoms with van der Waals surface area (Å²) in [6.07, 6.45) is -0.897. The minimum atomic E-state index is -3.99. The van der Waals surface area contributed by atoms with Crippen LogP contribution in [0.15, 0.2) is 53.4 Å². The molecule has 0 saturated carbocycles. The van der Waals surface area contributed by atoms with Crippen LogP contribution >= 0.6 is 0 Å². The molecule has 0 spiro atoms. The maximum Gasteiger partial charge on any atom is 0.269 e. The van der Waals surface area contributed by atoms with E-state index in [-0.39, 0.29) is 10.6 Å². The van der Waals surface area contributed by atoms with Gasteiger partial charge in [0.05, 0.1) is 23.0 Å². The molecule has 146 valence electrons. The lowest BCUT2D eigenvalue weighted by molar-refractivity contribution is -0.384. The quantitative estimate of drug-likeness (QED) is 0.392. The Morgan fingerprint density at radius 3 is 1.96 bits per heavy atom. The summed E-state index contributed by atoms with van der Waals surface area (Å²) in [7, 11) is 0.317. The molecule has 1 atom stereocenters. The number of ether oxygens (including phenoxy) is 3. The molecule has 1 N–H and O–H groups in total. The summed E-state index contributed by atoms with van der Waals surface area (Å²) in [5, 5.41) is 10.7. The summed E-state index contributed by atoms with van der Waals surface area (Å²) in [6.45, 7) is 0. The van der Waals surface area contributed by atoms with E-state index in [2.05, 4.69) is 4.72 Å². The number of sulfonamides is 1. The van der Waals surface area contributed by atoms with Gasteiger partial charge in [-0.3, -0.25) is 10.1 Å². The van der Waals surface area contributed by atoms with Crippen molar-refractivity contribution in [1.29, 1.82) is 0 Å². The number of methoxy groups -OCH3 is 3. The van der Waals surface area contributed by atoms with Crippen LogP contribution in [0.4, 0.5) is 5.69 Å². The molecule has 0 aliphatic rings. The fourth-order valence-electron chi connectivity index (χ4n) is 2.44. The third kappa shape index (κ3) is 5.01.